The van der Waals surface area contributed by atoms with Crippen LogP contribution in [-0.2, 0) is 14.6 Å². The zero-order valence-corrected chi connectivity index (χ0v) is 14.9. The second kappa shape index (κ2) is 6.54. The summed E-state index contributed by atoms with van der Waals surface area (Å²) in [7, 11) is -1.31. The maximum atomic E-state index is 12.2. The summed E-state index contributed by atoms with van der Waals surface area (Å²) in [5.74, 6) is 0.363. The Morgan fingerprint density at radius 2 is 1.86 bits per heavy atom. The third-order valence-electron chi connectivity index (χ3n) is 4.09. The van der Waals surface area contributed by atoms with Gasteiger partial charge in [-0.05, 0) is 32.8 Å². The number of nitrogens with zero attached hydrogens (tertiary/aromatic N) is 3. The van der Waals surface area contributed by atoms with Gasteiger partial charge in [0.25, 0.3) is 0 Å². The van der Waals surface area contributed by atoms with E-state index in [-0.39, 0.29) is 29.2 Å². The zero-order chi connectivity index (χ0) is 16.5. The maximum Gasteiger partial charge on any atom is 0.233 e. The van der Waals surface area contributed by atoms with Crippen molar-refractivity contribution in [3.63, 3.8) is 0 Å². The van der Waals surface area contributed by atoms with Crippen LogP contribution in [0.3, 0.4) is 0 Å². The standard InChI is InChI=1S/C14H21N3O3S2/c1-9-10(2)15-14(16-11(9)3)21-7-13(18)17(4)12-5-6-22(19,20)8-12/h12H,5-8H2,1-4H3. The Kier molecular flexibility index (Phi) is 5.11. The molecule has 0 radical (unpaired) electrons. The molecule has 2 heterocycles. The fraction of sp³-hybridized carbons (Fsp3) is 0.643. The SMILES string of the molecule is Cc1nc(SCC(=O)N(C)C2CCS(=O)(=O)C2)nc(C)c1C. The van der Waals surface area contributed by atoms with Crippen LogP contribution in [0, 0.1) is 20.8 Å². The monoisotopic (exact) mass is 343 g/mol. The van der Waals surface area contributed by atoms with Gasteiger partial charge >= 0.3 is 0 Å². The second-order valence-corrected chi connectivity index (χ2v) is 8.82. The van der Waals surface area contributed by atoms with Gasteiger partial charge in [0.05, 0.1) is 17.3 Å². The minimum absolute atomic E-state index is 0.0686. The fourth-order valence-corrected chi connectivity index (χ4v) is 4.95. The van der Waals surface area contributed by atoms with Crippen LogP contribution in [0.2, 0.25) is 0 Å². The van der Waals surface area contributed by atoms with Crippen molar-refractivity contribution < 1.29 is 13.2 Å². The molecular formula is C14H21N3O3S2. The minimum Gasteiger partial charge on any atom is -0.341 e. The van der Waals surface area contributed by atoms with Crippen LogP contribution >= 0.6 is 11.8 Å². The van der Waals surface area contributed by atoms with Gasteiger partial charge in [0.2, 0.25) is 5.91 Å². The number of sulfone groups is 1. The van der Waals surface area contributed by atoms with Crippen LogP contribution in [0.15, 0.2) is 5.16 Å². The first-order chi connectivity index (χ1) is 10.2. The molecule has 22 heavy (non-hydrogen) atoms. The summed E-state index contributed by atoms with van der Waals surface area (Å²) in [4.78, 5) is 22.5. The van der Waals surface area contributed by atoms with E-state index in [0.717, 1.165) is 17.0 Å². The average molecular weight is 343 g/mol. The highest BCUT2D eigenvalue weighted by Crippen LogP contribution is 2.20. The highest BCUT2D eigenvalue weighted by atomic mass is 32.2. The van der Waals surface area contributed by atoms with Crippen molar-refractivity contribution in [1.29, 1.82) is 0 Å². The lowest BCUT2D eigenvalue weighted by molar-refractivity contribution is -0.128. The Hall–Kier alpha value is -1.15. The van der Waals surface area contributed by atoms with E-state index in [1.165, 1.54) is 11.8 Å². The molecule has 1 aromatic heterocycles. The van der Waals surface area contributed by atoms with Crippen molar-refractivity contribution in [1.82, 2.24) is 14.9 Å². The van der Waals surface area contributed by atoms with E-state index >= 15 is 0 Å². The van der Waals surface area contributed by atoms with Gasteiger partial charge in [-0.15, -0.1) is 0 Å². The molecular weight excluding hydrogens is 322 g/mol. The molecule has 1 aliphatic heterocycles. The third kappa shape index (κ3) is 3.98. The van der Waals surface area contributed by atoms with Crippen LogP contribution in [0.1, 0.15) is 23.4 Å². The third-order valence-corrected chi connectivity index (χ3v) is 6.67. The molecule has 122 valence electrons. The first-order valence-electron chi connectivity index (χ1n) is 7.10. The van der Waals surface area contributed by atoms with E-state index in [1.807, 2.05) is 20.8 Å². The lowest BCUT2D eigenvalue weighted by Crippen LogP contribution is -2.38. The zero-order valence-electron chi connectivity index (χ0n) is 13.3. The highest BCUT2D eigenvalue weighted by Gasteiger charge is 2.32. The number of aryl methyl sites for hydroxylation is 2. The molecule has 1 unspecified atom stereocenters. The number of aromatic nitrogens is 2. The highest BCUT2D eigenvalue weighted by molar-refractivity contribution is 7.99. The lowest BCUT2D eigenvalue weighted by atomic mass is 10.2. The summed E-state index contributed by atoms with van der Waals surface area (Å²) in [6, 6.07) is -0.208. The molecule has 2 rings (SSSR count). The van der Waals surface area contributed by atoms with Gasteiger partial charge in [-0.25, -0.2) is 18.4 Å². The van der Waals surface area contributed by atoms with Gasteiger partial charge in [0, 0.05) is 24.5 Å². The molecule has 8 heteroatoms. The van der Waals surface area contributed by atoms with Gasteiger partial charge in [0.1, 0.15) is 0 Å². The molecule has 1 saturated heterocycles. The number of hydrogen-bond acceptors (Lipinski definition) is 6. The average Bonchev–Trinajstić information content (AvgIpc) is 2.81. The summed E-state index contributed by atoms with van der Waals surface area (Å²) in [6.45, 7) is 5.81. The van der Waals surface area contributed by atoms with Crippen molar-refractivity contribution in [3.05, 3.63) is 17.0 Å². The molecule has 0 spiro atoms. The Morgan fingerprint density at radius 1 is 1.27 bits per heavy atom. The Balaban J connectivity index is 1.95. The van der Waals surface area contributed by atoms with Gasteiger partial charge in [-0.3, -0.25) is 4.79 Å². The molecule has 1 aromatic rings. The second-order valence-electron chi connectivity index (χ2n) is 5.65. The van der Waals surface area contributed by atoms with E-state index in [1.54, 1.807) is 11.9 Å². The first-order valence-corrected chi connectivity index (χ1v) is 9.91. The Labute approximate surface area is 135 Å². The largest absolute Gasteiger partial charge is 0.341 e. The van der Waals surface area contributed by atoms with E-state index in [4.69, 9.17) is 0 Å². The molecule has 1 atom stereocenters. The molecule has 6 nitrogen and oxygen atoms in total. The summed E-state index contributed by atoms with van der Waals surface area (Å²) in [6.07, 6.45) is 0.522. The van der Waals surface area contributed by atoms with E-state index in [9.17, 15) is 13.2 Å². The summed E-state index contributed by atoms with van der Waals surface area (Å²) in [5, 5.41) is 0.585. The molecule has 1 aliphatic rings. The molecule has 0 aromatic carbocycles. The topological polar surface area (TPSA) is 80.2 Å². The van der Waals surface area contributed by atoms with Crippen LogP contribution in [0.5, 0.6) is 0 Å². The minimum atomic E-state index is -2.98. The molecule has 0 bridgehead atoms. The van der Waals surface area contributed by atoms with Crippen LogP contribution in [-0.4, -0.2) is 59.5 Å². The Bertz CT molecular complexity index is 666. The van der Waals surface area contributed by atoms with Crippen molar-refractivity contribution in [2.75, 3.05) is 24.3 Å². The van der Waals surface area contributed by atoms with E-state index in [0.29, 0.717) is 11.6 Å². The first kappa shape index (κ1) is 17.2. The molecule has 1 amide bonds. The molecule has 1 fully saturated rings. The molecule has 0 N–H and O–H groups in total. The maximum absolute atomic E-state index is 12.2. The predicted octanol–water partition coefficient (Wildman–Crippen LogP) is 1.14. The summed E-state index contributed by atoms with van der Waals surface area (Å²) in [5.41, 5.74) is 2.89. The Morgan fingerprint density at radius 3 is 2.36 bits per heavy atom. The normalized spacial score (nSPS) is 20.1. The van der Waals surface area contributed by atoms with Crippen molar-refractivity contribution in [2.45, 2.75) is 38.4 Å². The summed E-state index contributed by atoms with van der Waals surface area (Å²) < 4.78 is 23.0. The molecule has 0 saturated carbocycles. The summed E-state index contributed by atoms with van der Waals surface area (Å²) >= 11 is 1.29. The van der Waals surface area contributed by atoms with E-state index in [2.05, 4.69) is 9.97 Å². The molecule has 0 aliphatic carbocycles. The van der Waals surface area contributed by atoms with Gasteiger partial charge in [0.15, 0.2) is 15.0 Å². The number of hydrogen-bond donors (Lipinski definition) is 0. The van der Waals surface area contributed by atoms with Gasteiger partial charge in [-0.1, -0.05) is 11.8 Å². The fourth-order valence-electron chi connectivity index (χ4n) is 2.32. The van der Waals surface area contributed by atoms with Crippen LogP contribution in [0.4, 0.5) is 0 Å². The lowest BCUT2D eigenvalue weighted by Gasteiger charge is -2.23. The van der Waals surface area contributed by atoms with Crippen molar-refractivity contribution in [2.24, 2.45) is 0 Å². The van der Waals surface area contributed by atoms with Crippen molar-refractivity contribution >= 4 is 27.5 Å². The number of rotatable bonds is 4. The van der Waals surface area contributed by atoms with E-state index < -0.39 is 9.84 Å². The smallest absolute Gasteiger partial charge is 0.233 e. The van der Waals surface area contributed by atoms with Crippen molar-refractivity contribution in [3.8, 4) is 0 Å². The quantitative estimate of drug-likeness (QED) is 0.602. The predicted molar refractivity (Wildman–Crippen MR) is 86.8 cm³/mol. The van der Waals surface area contributed by atoms with Crippen LogP contribution in [0.25, 0.3) is 0 Å². The number of carbonyl (C=O) groups excluding carboxylic acids is 1. The van der Waals surface area contributed by atoms with Gasteiger partial charge < -0.3 is 4.90 Å². The van der Waals surface area contributed by atoms with Gasteiger partial charge in [-0.2, -0.15) is 0 Å². The van der Waals surface area contributed by atoms with Crippen LogP contribution < -0.4 is 0 Å². The number of carbonyl (C=O) groups is 1. The number of thioether (sulfide) groups is 1. The number of amides is 1.